The van der Waals surface area contributed by atoms with E-state index in [1.54, 1.807) is 0 Å². The highest BCUT2D eigenvalue weighted by atomic mass is 16.5. The van der Waals surface area contributed by atoms with Crippen LogP contribution in [0.3, 0.4) is 0 Å². The molecule has 0 spiro atoms. The van der Waals surface area contributed by atoms with Gasteiger partial charge < -0.3 is 26.0 Å². The topological polar surface area (TPSA) is 57.4 Å². The van der Waals surface area contributed by atoms with Crippen molar-refractivity contribution in [2.75, 3.05) is 47.4 Å². The van der Waals surface area contributed by atoms with Crippen LogP contribution in [0.25, 0.3) is 0 Å². The van der Waals surface area contributed by atoms with Gasteiger partial charge in [0.15, 0.2) is 0 Å². The summed E-state index contributed by atoms with van der Waals surface area (Å²) in [6.45, 7) is 17.5. The van der Waals surface area contributed by atoms with Crippen molar-refractivity contribution in [3.63, 3.8) is 0 Å². The number of rotatable bonds is 26. The van der Waals surface area contributed by atoms with E-state index in [4.69, 9.17) is 4.74 Å². The highest BCUT2D eigenvalue weighted by Gasteiger charge is 2.32. The van der Waals surface area contributed by atoms with Gasteiger partial charge in [-0.05, 0) is 109 Å². The Bertz CT molecular complexity index is 1290. The lowest BCUT2D eigenvalue weighted by atomic mass is 9.83. The summed E-state index contributed by atoms with van der Waals surface area (Å²) in [7, 11) is 0. The first-order chi connectivity index (χ1) is 26.0. The Labute approximate surface area is 323 Å². The molecule has 0 fully saturated rings. The molecule has 0 amide bonds. The van der Waals surface area contributed by atoms with Crippen LogP contribution >= 0.6 is 0 Å². The predicted octanol–water partition coefficient (Wildman–Crippen LogP) is 13.1. The van der Waals surface area contributed by atoms with E-state index in [0.29, 0.717) is 0 Å². The predicted molar refractivity (Wildman–Crippen MR) is 232 cm³/mol. The number of hydrogen-bond donors (Lipinski definition) is 4. The SMILES string of the molecule is CCCCNc1ccc(C(c2ccc(NCCCC)cc2)C(CC)OC(CC)C(c2ccc(NCCCC)cc2)c2ccc(NCCCC)cc2)cc1. The zero-order valence-electron chi connectivity index (χ0n) is 33.9. The summed E-state index contributed by atoms with van der Waals surface area (Å²) in [5, 5.41) is 14.4. The quantitative estimate of drug-likeness (QED) is 0.0487. The highest BCUT2D eigenvalue weighted by Crippen LogP contribution is 2.39. The van der Waals surface area contributed by atoms with Crippen molar-refractivity contribution in [3.05, 3.63) is 119 Å². The third kappa shape index (κ3) is 13.1. The minimum absolute atomic E-state index is 0.00906. The molecule has 0 heterocycles. The zero-order valence-corrected chi connectivity index (χ0v) is 33.9. The first-order valence-corrected chi connectivity index (χ1v) is 21.1. The smallest absolute Gasteiger partial charge is 0.0685 e. The van der Waals surface area contributed by atoms with Crippen LogP contribution in [0.1, 0.15) is 140 Å². The van der Waals surface area contributed by atoms with Crippen molar-refractivity contribution < 1.29 is 4.74 Å². The number of benzene rings is 4. The van der Waals surface area contributed by atoms with Gasteiger partial charge in [0.2, 0.25) is 0 Å². The molecule has 288 valence electrons. The van der Waals surface area contributed by atoms with E-state index in [-0.39, 0.29) is 24.0 Å². The van der Waals surface area contributed by atoms with E-state index >= 15 is 0 Å². The van der Waals surface area contributed by atoms with E-state index < -0.39 is 0 Å². The van der Waals surface area contributed by atoms with Gasteiger partial charge in [-0.1, -0.05) is 116 Å². The molecule has 53 heavy (non-hydrogen) atoms. The Hall–Kier alpha value is -3.96. The first-order valence-electron chi connectivity index (χ1n) is 21.1. The Kier molecular flexibility index (Phi) is 18.6. The first kappa shape index (κ1) is 41.8. The van der Waals surface area contributed by atoms with Crippen LogP contribution in [-0.2, 0) is 4.74 Å². The fraction of sp³-hybridized carbons (Fsp3) is 0.500. The van der Waals surface area contributed by atoms with Crippen molar-refractivity contribution in [2.24, 2.45) is 0 Å². The van der Waals surface area contributed by atoms with E-state index in [9.17, 15) is 0 Å². The Morgan fingerprint density at radius 1 is 0.358 bits per heavy atom. The van der Waals surface area contributed by atoms with E-state index in [2.05, 4.69) is 160 Å². The van der Waals surface area contributed by atoms with Crippen LogP contribution in [0.5, 0.6) is 0 Å². The average Bonchev–Trinajstić information content (AvgIpc) is 3.19. The molecule has 5 heteroatoms. The fourth-order valence-corrected chi connectivity index (χ4v) is 7.16. The maximum atomic E-state index is 7.47. The molecule has 0 aliphatic carbocycles. The summed E-state index contributed by atoms with van der Waals surface area (Å²) in [6.07, 6.45) is 11.2. The summed E-state index contributed by atoms with van der Waals surface area (Å²) in [5.41, 5.74) is 9.88. The highest BCUT2D eigenvalue weighted by molar-refractivity contribution is 5.51. The van der Waals surface area contributed by atoms with Crippen LogP contribution in [0.2, 0.25) is 0 Å². The molecular formula is C48H70N4O. The standard InChI is InChI=1S/C48H70N4O/c1-7-13-33-49-41-25-17-37(18-26-41)47(38-19-27-42(28-20-38)50-34-14-8-2)45(11-5)53-46(12-6)48(39-21-29-43(30-22-39)51-35-15-9-3)40-23-31-44(32-24-40)52-36-16-10-4/h17-32,45-52H,7-16,33-36H2,1-6H3. The van der Waals surface area contributed by atoms with Gasteiger partial charge in [-0.25, -0.2) is 0 Å². The van der Waals surface area contributed by atoms with Crippen LogP contribution in [-0.4, -0.2) is 38.4 Å². The van der Waals surface area contributed by atoms with Crippen LogP contribution in [0.4, 0.5) is 22.7 Å². The second kappa shape index (κ2) is 23.7. The summed E-state index contributed by atoms with van der Waals surface area (Å²) < 4.78 is 7.47. The van der Waals surface area contributed by atoms with Gasteiger partial charge >= 0.3 is 0 Å². The van der Waals surface area contributed by atoms with Crippen LogP contribution in [0, 0.1) is 0 Å². The van der Waals surface area contributed by atoms with E-state index in [1.807, 2.05) is 0 Å². The Balaban J connectivity index is 1.69. The molecule has 0 saturated carbocycles. The maximum Gasteiger partial charge on any atom is 0.0685 e. The molecule has 4 aromatic rings. The molecule has 0 saturated heterocycles. The molecule has 4 N–H and O–H groups in total. The van der Waals surface area contributed by atoms with Crippen molar-refractivity contribution in [2.45, 2.75) is 130 Å². The summed E-state index contributed by atoms with van der Waals surface area (Å²) in [4.78, 5) is 0. The number of hydrogen-bond acceptors (Lipinski definition) is 5. The molecule has 0 aromatic heterocycles. The molecule has 0 aliphatic heterocycles. The van der Waals surface area contributed by atoms with Gasteiger partial charge in [-0.3, -0.25) is 0 Å². The van der Waals surface area contributed by atoms with Crippen LogP contribution in [0.15, 0.2) is 97.1 Å². The average molecular weight is 719 g/mol. The minimum Gasteiger partial charge on any atom is -0.385 e. The Morgan fingerprint density at radius 2 is 0.585 bits per heavy atom. The summed E-state index contributed by atoms with van der Waals surface area (Å²) in [6, 6.07) is 36.5. The second-order valence-electron chi connectivity index (χ2n) is 14.6. The zero-order chi connectivity index (χ0) is 37.7. The molecule has 0 bridgehead atoms. The minimum atomic E-state index is -0.00906. The van der Waals surface area contributed by atoms with E-state index in [1.165, 1.54) is 96.4 Å². The molecule has 4 rings (SSSR count). The molecule has 0 aliphatic rings. The number of anilines is 4. The second-order valence-corrected chi connectivity index (χ2v) is 14.6. The van der Waals surface area contributed by atoms with Crippen molar-refractivity contribution in [1.29, 1.82) is 0 Å². The largest absolute Gasteiger partial charge is 0.385 e. The van der Waals surface area contributed by atoms with Crippen LogP contribution < -0.4 is 21.3 Å². The molecule has 2 atom stereocenters. The Morgan fingerprint density at radius 3 is 0.774 bits per heavy atom. The lowest BCUT2D eigenvalue weighted by Crippen LogP contribution is -2.32. The fourth-order valence-electron chi connectivity index (χ4n) is 7.16. The molecular weight excluding hydrogens is 649 g/mol. The third-order valence-corrected chi connectivity index (χ3v) is 10.4. The monoisotopic (exact) mass is 719 g/mol. The van der Waals surface area contributed by atoms with Crippen molar-refractivity contribution in [3.8, 4) is 0 Å². The van der Waals surface area contributed by atoms with Gasteiger partial charge in [0.05, 0.1) is 12.2 Å². The van der Waals surface area contributed by atoms with Crippen molar-refractivity contribution >= 4 is 22.7 Å². The summed E-state index contributed by atoms with van der Waals surface area (Å²) in [5.74, 6) is 0.193. The summed E-state index contributed by atoms with van der Waals surface area (Å²) >= 11 is 0. The third-order valence-electron chi connectivity index (χ3n) is 10.4. The molecule has 5 nitrogen and oxygen atoms in total. The van der Waals surface area contributed by atoms with Gasteiger partial charge in [0.1, 0.15) is 0 Å². The van der Waals surface area contributed by atoms with Gasteiger partial charge in [-0.2, -0.15) is 0 Å². The lowest BCUT2D eigenvalue weighted by Gasteiger charge is -2.35. The van der Waals surface area contributed by atoms with Crippen molar-refractivity contribution in [1.82, 2.24) is 0 Å². The molecule has 2 unspecified atom stereocenters. The normalized spacial score (nSPS) is 12.5. The number of unbranched alkanes of at least 4 members (excludes halogenated alkanes) is 4. The number of ether oxygens (including phenoxy) is 1. The number of nitrogens with one attached hydrogen (secondary N) is 4. The maximum absolute atomic E-state index is 7.47. The lowest BCUT2D eigenvalue weighted by molar-refractivity contribution is -0.0314. The molecule has 4 aromatic carbocycles. The van der Waals surface area contributed by atoms with Gasteiger partial charge in [-0.15, -0.1) is 0 Å². The van der Waals surface area contributed by atoms with E-state index in [0.717, 1.165) is 39.0 Å². The molecule has 0 radical (unpaired) electrons. The van der Waals surface area contributed by atoms with Gasteiger partial charge in [0.25, 0.3) is 0 Å². The van der Waals surface area contributed by atoms with Gasteiger partial charge in [0, 0.05) is 60.8 Å².